The number of nitrogens with two attached hydrogens (primary N) is 1. The van der Waals surface area contributed by atoms with Crippen molar-refractivity contribution in [3.63, 3.8) is 0 Å². The molecule has 3 N–H and O–H groups in total. The van der Waals surface area contributed by atoms with E-state index in [-0.39, 0.29) is 24.0 Å². The Morgan fingerprint density at radius 1 is 1.33 bits per heavy atom. The zero-order chi connectivity index (χ0) is 13.6. The van der Waals surface area contributed by atoms with Gasteiger partial charge in [-0.1, -0.05) is 19.3 Å². The molecule has 1 aliphatic carbocycles. The van der Waals surface area contributed by atoms with Crippen molar-refractivity contribution < 1.29 is 9.90 Å². The first-order valence-corrected chi connectivity index (χ1v) is 7.15. The van der Waals surface area contributed by atoms with E-state index in [2.05, 4.69) is 0 Å². The molecule has 0 heterocycles. The number of rotatable bonds is 6. The standard InChI is InChI=1S/C14H28N2O2/c1-12(2)16(8-9-17)13(18)10-14(11-15)6-4-3-5-7-14/h12,17H,3-11,15H2,1-2H3. The predicted octanol–water partition coefficient (Wildman–Crippen LogP) is 1.51. The highest BCUT2D eigenvalue weighted by molar-refractivity contribution is 5.77. The second-order valence-electron chi connectivity index (χ2n) is 5.85. The quantitative estimate of drug-likeness (QED) is 0.757. The minimum atomic E-state index is 0.0118. The SMILES string of the molecule is CC(C)N(CCO)C(=O)CC1(CN)CCCCC1. The molecule has 4 nitrogen and oxygen atoms in total. The van der Waals surface area contributed by atoms with E-state index < -0.39 is 0 Å². The van der Waals surface area contributed by atoms with E-state index in [1.165, 1.54) is 19.3 Å². The summed E-state index contributed by atoms with van der Waals surface area (Å²) in [6.45, 7) is 5.04. The third-order valence-corrected chi connectivity index (χ3v) is 4.16. The number of carbonyl (C=O) groups excluding carboxylic acids is 1. The van der Waals surface area contributed by atoms with Gasteiger partial charge in [0.15, 0.2) is 0 Å². The smallest absolute Gasteiger partial charge is 0.223 e. The molecule has 0 radical (unpaired) electrons. The van der Waals surface area contributed by atoms with E-state index in [0.717, 1.165) is 12.8 Å². The van der Waals surface area contributed by atoms with Gasteiger partial charge >= 0.3 is 0 Å². The van der Waals surface area contributed by atoms with Crippen LogP contribution in [-0.2, 0) is 4.79 Å². The molecule has 0 atom stereocenters. The molecule has 1 amide bonds. The highest BCUT2D eigenvalue weighted by Crippen LogP contribution is 2.38. The lowest BCUT2D eigenvalue weighted by Crippen LogP contribution is -2.44. The Hall–Kier alpha value is -0.610. The minimum absolute atomic E-state index is 0.0118. The number of nitrogens with zero attached hydrogens (tertiary/aromatic N) is 1. The van der Waals surface area contributed by atoms with Crippen LogP contribution in [0.4, 0.5) is 0 Å². The summed E-state index contributed by atoms with van der Waals surface area (Å²) in [6, 6.07) is 0.142. The first-order valence-electron chi connectivity index (χ1n) is 7.15. The predicted molar refractivity (Wildman–Crippen MR) is 73.1 cm³/mol. The van der Waals surface area contributed by atoms with Crippen LogP contribution in [0.1, 0.15) is 52.4 Å². The molecule has 0 spiro atoms. The summed E-state index contributed by atoms with van der Waals surface area (Å²) >= 11 is 0. The molecular formula is C14H28N2O2. The molecule has 0 saturated heterocycles. The zero-order valence-electron chi connectivity index (χ0n) is 11.8. The van der Waals surface area contributed by atoms with Gasteiger partial charge in [0.2, 0.25) is 5.91 Å². The molecular weight excluding hydrogens is 228 g/mol. The summed E-state index contributed by atoms with van der Waals surface area (Å²) in [5, 5.41) is 9.04. The lowest BCUT2D eigenvalue weighted by Gasteiger charge is -2.38. The van der Waals surface area contributed by atoms with E-state index in [0.29, 0.717) is 19.5 Å². The maximum Gasteiger partial charge on any atom is 0.223 e. The van der Waals surface area contributed by atoms with E-state index >= 15 is 0 Å². The summed E-state index contributed by atoms with van der Waals surface area (Å²) in [7, 11) is 0. The molecule has 0 bridgehead atoms. The highest BCUT2D eigenvalue weighted by atomic mass is 16.3. The Balaban J connectivity index is 2.64. The van der Waals surface area contributed by atoms with Crippen LogP contribution in [0.3, 0.4) is 0 Å². The Bertz CT molecular complexity index is 261. The molecule has 4 heteroatoms. The van der Waals surface area contributed by atoms with Gasteiger partial charge in [-0.2, -0.15) is 0 Å². The van der Waals surface area contributed by atoms with Gasteiger partial charge < -0.3 is 15.7 Å². The number of aliphatic hydroxyl groups is 1. The Morgan fingerprint density at radius 2 is 1.94 bits per heavy atom. The Kier molecular flexibility index (Phi) is 6.09. The van der Waals surface area contributed by atoms with Crippen LogP contribution in [0.25, 0.3) is 0 Å². The monoisotopic (exact) mass is 256 g/mol. The molecule has 1 rings (SSSR count). The van der Waals surface area contributed by atoms with Gasteiger partial charge in [0.1, 0.15) is 0 Å². The van der Waals surface area contributed by atoms with Gasteiger partial charge in [0.25, 0.3) is 0 Å². The molecule has 0 unspecified atom stereocenters. The summed E-state index contributed by atoms with van der Waals surface area (Å²) in [5.41, 5.74) is 5.93. The topological polar surface area (TPSA) is 66.6 Å². The maximum absolute atomic E-state index is 12.4. The molecule has 0 aromatic rings. The first kappa shape index (κ1) is 15.4. The fourth-order valence-electron chi connectivity index (χ4n) is 2.96. The highest BCUT2D eigenvalue weighted by Gasteiger charge is 2.34. The zero-order valence-corrected chi connectivity index (χ0v) is 11.8. The fourth-order valence-corrected chi connectivity index (χ4v) is 2.96. The van der Waals surface area contributed by atoms with Crippen molar-refractivity contribution in [2.45, 2.75) is 58.4 Å². The average molecular weight is 256 g/mol. The van der Waals surface area contributed by atoms with Crippen LogP contribution in [0.15, 0.2) is 0 Å². The number of aliphatic hydroxyl groups excluding tert-OH is 1. The van der Waals surface area contributed by atoms with Crippen molar-refractivity contribution >= 4 is 5.91 Å². The maximum atomic E-state index is 12.4. The molecule has 1 aliphatic rings. The molecule has 1 saturated carbocycles. The average Bonchev–Trinajstić information content (AvgIpc) is 2.36. The van der Waals surface area contributed by atoms with Crippen molar-refractivity contribution in [2.75, 3.05) is 19.7 Å². The van der Waals surface area contributed by atoms with Crippen LogP contribution >= 0.6 is 0 Å². The van der Waals surface area contributed by atoms with Crippen molar-refractivity contribution in [1.82, 2.24) is 4.90 Å². The van der Waals surface area contributed by atoms with E-state index in [1.54, 1.807) is 4.90 Å². The van der Waals surface area contributed by atoms with E-state index in [4.69, 9.17) is 10.8 Å². The van der Waals surface area contributed by atoms with Crippen molar-refractivity contribution in [1.29, 1.82) is 0 Å². The van der Waals surface area contributed by atoms with Crippen molar-refractivity contribution in [3.05, 3.63) is 0 Å². The van der Waals surface area contributed by atoms with E-state index in [9.17, 15) is 4.79 Å². The number of hydrogen-bond donors (Lipinski definition) is 2. The van der Waals surface area contributed by atoms with Gasteiger partial charge in [0.05, 0.1) is 6.61 Å². The lowest BCUT2D eigenvalue weighted by molar-refractivity contribution is -0.136. The summed E-state index contributed by atoms with van der Waals surface area (Å²) in [4.78, 5) is 14.1. The minimum Gasteiger partial charge on any atom is -0.395 e. The normalized spacial score (nSPS) is 18.9. The van der Waals surface area contributed by atoms with Gasteiger partial charge in [-0.25, -0.2) is 0 Å². The van der Waals surface area contributed by atoms with Crippen LogP contribution in [0.2, 0.25) is 0 Å². The summed E-state index contributed by atoms with van der Waals surface area (Å²) < 4.78 is 0. The largest absolute Gasteiger partial charge is 0.395 e. The summed E-state index contributed by atoms with van der Waals surface area (Å²) in [6.07, 6.45) is 6.32. The molecule has 18 heavy (non-hydrogen) atoms. The fraction of sp³-hybridized carbons (Fsp3) is 0.929. The van der Waals surface area contributed by atoms with Gasteiger partial charge in [-0.15, -0.1) is 0 Å². The van der Waals surface area contributed by atoms with Crippen molar-refractivity contribution in [2.24, 2.45) is 11.1 Å². The molecule has 0 aromatic carbocycles. The lowest BCUT2D eigenvalue weighted by atomic mass is 9.71. The third-order valence-electron chi connectivity index (χ3n) is 4.16. The molecule has 106 valence electrons. The number of amides is 1. The Morgan fingerprint density at radius 3 is 2.39 bits per heavy atom. The van der Waals surface area contributed by atoms with Crippen LogP contribution in [-0.4, -0.2) is 41.7 Å². The van der Waals surface area contributed by atoms with Gasteiger partial charge in [-0.3, -0.25) is 4.79 Å². The second kappa shape index (κ2) is 7.10. The van der Waals surface area contributed by atoms with Crippen LogP contribution in [0, 0.1) is 5.41 Å². The van der Waals surface area contributed by atoms with Gasteiger partial charge in [0, 0.05) is 19.0 Å². The number of carbonyl (C=O) groups is 1. The summed E-state index contributed by atoms with van der Waals surface area (Å²) in [5.74, 6) is 0.145. The van der Waals surface area contributed by atoms with Crippen LogP contribution in [0.5, 0.6) is 0 Å². The molecule has 0 aliphatic heterocycles. The molecule has 0 aromatic heterocycles. The van der Waals surface area contributed by atoms with Crippen LogP contribution < -0.4 is 5.73 Å². The van der Waals surface area contributed by atoms with E-state index in [1.807, 2.05) is 13.8 Å². The third kappa shape index (κ3) is 3.95. The van der Waals surface area contributed by atoms with Gasteiger partial charge in [-0.05, 0) is 38.6 Å². The molecule has 1 fully saturated rings. The first-order chi connectivity index (χ1) is 8.54. The Labute approximate surface area is 111 Å². The van der Waals surface area contributed by atoms with Crippen molar-refractivity contribution in [3.8, 4) is 0 Å². The number of hydrogen-bond acceptors (Lipinski definition) is 3. The second-order valence-corrected chi connectivity index (χ2v) is 5.85.